The van der Waals surface area contributed by atoms with Crippen molar-refractivity contribution in [2.24, 2.45) is 0 Å². The van der Waals surface area contributed by atoms with Crippen molar-refractivity contribution < 1.29 is 4.42 Å². The fourth-order valence-electron chi connectivity index (χ4n) is 10.8. The SMILES string of the molecule is CC1(C)c2ccccc2-c2c(-c3nc(-c4ccccc4)nc(-c4cccc5sc6ccc(-c7cccc8oc9ccc(-n%10c%11ccccc%11c%11ccccc%11%10)cc9c78)cc6c45)n3)cccc21. The lowest BCUT2D eigenvalue weighted by atomic mass is 9.82. The lowest BCUT2D eigenvalue weighted by molar-refractivity contribution is 0.660. The summed E-state index contributed by atoms with van der Waals surface area (Å²) in [5.74, 6) is 1.97. The smallest absolute Gasteiger partial charge is 0.164 e. The van der Waals surface area contributed by atoms with E-state index in [-0.39, 0.29) is 5.41 Å². The Bertz CT molecular complexity index is 4100. The molecule has 0 fully saturated rings. The van der Waals surface area contributed by atoms with Crippen LogP contribution in [0.4, 0.5) is 0 Å². The lowest BCUT2D eigenvalue weighted by Crippen LogP contribution is -2.14. The Labute approximate surface area is 383 Å². The van der Waals surface area contributed by atoms with E-state index in [0.29, 0.717) is 17.5 Å². The second-order valence-corrected chi connectivity index (χ2v) is 19.0. The normalized spacial score (nSPS) is 13.1. The number of thiophene rings is 1. The Morgan fingerprint density at radius 3 is 1.91 bits per heavy atom. The van der Waals surface area contributed by atoms with Crippen molar-refractivity contribution in [3.63, 3.8) is 0 Å². The quantitative estimate of drug-likeness (QED) is 0.173. The molecule has 0 spiro atoms. The zero-order valence-electron chi connectivity index (χ0n) is 36.1. The van der Waals surface area contributed by atoms with Crippen molar-refractivity contribution in [3.05, 3.63) is 205 Å². The van der Waals surface area contributed by atoms with Crippen LogP contribution < -0.4 is 0 Å². The highest BCUT2D eigenvalue weighted by atomic mass is 32.1. The van der Waals surface area contributed by atoms with Gasteiger partial charge in [0.2, 0.25) is 0 Å². The van der Waals surface area contributed by atoms with Gasteiger partial charge in [-0.3, -0.25) is 0 Å². The van der Waals surface area contributed by atoms with Gasteiger partial charge in [-0.25, -0.2) is 15.0 Å². The number of nitrogens with zero attached hydrogens (tertiary/aromatic N) is 4. The Balaban J connectivity index is 0.965. The second kappa shape index (κ2) is 13.9. The van der Waals surface area contributed by atoms with Crippen molar-refractivity contribution in [1.82, 2.24) is 19.5 Å². The predicted octanol–water partition coefficient (Wildman–Crippen LogP) is 16.2. The molecule has 14 rings (SSSR count). The van der Waals surface area contributed by atoms with Gasteiger partial charge in [0.1, 0.15) is 11.2 Å². The van der Waals surface area contributed by atoms with E-state index in [2.05, 4.69) is 194 Å². The molecule has 310 valence electrons. The van der Waals surface area contributed by atoms with Crippen LogP contribution in [0.5, 0.6) is 0 Å². The van der Waals surface area contributed by atoms with Crippen molar-refractivity contribution >= 4 is 75.3 Å². The Morgan fingerprint density at radius 1 is 0.424 bits per heavy atom. The number of para-hydroxylation sites is 2. The van der Waals surface area contributed by atoms with E-state index in [1.54, 1.807) is 11.3 Å². The molecule has 13 aromatic rings. The molecule has 5 nitrogen and oxygen atoms in total. The van der Waals surface area contributed by atoms with Crippen molar-refractivity contribution in [3.8, 4) is 62.1 Å². The molecular weight excluding hydrogens is 825 g/mol. The maximum Gasteiger partial charge on any atom is 0.164 e. The van der Waals surface area contributed by atoms with Gasteiger partial charge in [0, 0.05) is 69.5 Å². The molecule has 4 heterocycles. The second-order valence-electron chi connectivity index (χ2n) is 17.9. The topological polar surface area (TPSA) is 56.7 Å². The molecule has 0 radical (unpaired) electrons. The van der Waals surface area contributed by atoms with Gasteiger partial charge in [-0.05, 0) is 88.0 Å². The lowest BCUT2D eigenvalue weighted by Gasteiger charge is -2.21. The maximum atomic E-state index is 6.61. The minimum atomic E-state index is -0.152. The van der Waals surface area contributed by atoms with Gasteiger partial charge in [-0.15, -0.1) is 11.3 Å². The van der Waals surface area contributed by atoms with Gasteiger partial charge in [-0.2, -0.15) is 0 Å². The van der Waals surface area contributed by atoms with Gasteiger partial charge in [0.05, 0.1) is 11.0 Å². The van der Waals surface area contributed by atoms with E-state index < -0.39 is 0 Å². The van der Waals surface area contributed by atoms with E-state index in [0.717, 1.165) is 60.8 Å². The van der Waals surface area contributed by atoms with Gasteiger partial charge in [0.25, 0.3) is 0 Å². The molecule has 1 aliphatic carbocycles. The number of hydrogen-bond acceptors (Lipinski definition) is 5. The van der Waals surface area contributed by atoms with Crippen LogP contribution in [0.3, 0.4) is 0 Å². The van der Waals surface area contributed by atoms with E-state index in [9.17, 15) is 0 Å². The zero-order chi connectivity index (χ0) is 43.7. The summed E-state index contributed by atoms with van der Waals surface area (Å²) >= 11 is 1.80. The van der Waals surface area contributed by atoms with Crippen LogP contribution in [0.2, 0.25) is 0 Å². The van der Waals surface area contributed by atoms with Crippen molar-refractivity contribution in [2.45, 2.75) is 19.3 Å². The largest absolute Gasteiger partial charge is 0.456 e. The molecule has 6 heteroatoms. The fraction of sp³-hybridized carbons (Fsp3) is 0.0500. The monoisotopic (exact) mass is 862 g/mol. The molecule has 0 saturated heterocycles. The summed E-state index contributed by atoms with van der Waals surface area (Å²) in [5.41, 5.74) is 15.2. The van der Waals surface area contributed by atoms with Gasteiger partial charge >= 0.3 is 0 Å². The third-order valence-corrected chi connectivity index (χ3v) is 15.0. The molecule has 66 heavy (non-hydrogen) atoms. The van der Waals surface area contributed by atoms with Crippen molar-refractivity contribution in [1.29, 1.82) is 0 Å². The molecule has 0 unspecified atom stereocenters. The summed E-state index contributed by atoms with van der Waals surface area (Å²) in [6, 6.07) is 69.3. The molecule has 0 aliphatic heterocycles. The molecule has 1 aliphatic rings. The number of fused-ring (bicyclic) bond motifs is 12. The first-order valence-corrected chi connectivity index (χ1v) is 23.2. The first kappa shape index (κ1) is 37.2. The number of aromatic nitrogens is 4. The van der Waals surface area contributed by atoms with Gasteiger partial charge in [0.15, 0.2) is 17.5 Å². The van der Waals surface area contributed by atoms with Gasteiger partial charge < -0.3 is 8.98 Å². The Hall–Kier alpha value is -8.19. The van der Waals surface area contributed by atoms with E-state index in [1.165, 1.54) is 58.8 Å². The van der Waals surface area contributed by atoms with Crippen LogP contribution in [-0.4, -0.2) is 19.5 Å². The minimum Gasteiger partial charge on any atom is -0.456 e. The third kappa shape index (κ3) is 5.36. The van der Waals surface area contributed by atoms with E-state index in [1.807, 2.05) is 18.2 Å². The predicted molar refractivity (Wildman–Crippen MR) is 274 cm³/mol. The van der Waals surface area contributed by atoms with Crippen LogP contribution in [-0.2, 0) is 5.41 Å². The average Bonchev–Trinajstić information content (AvgIpc) is 4.10. The first-order valence-electron chi connectivity index (χ1n) is 22.4. The molecule has 0 N–H and O–H groups in total. The zero-order valence-corrected chi connectivity index (χ0v) is 36.9. The summed E-state index contributed by atoms with van der Waals surface area (Å²) in [5, 5.41) is 6.97. The number of rotatable bonds is 5. The summed E-state index contributed by atoms with van der Waals surface area (Å²) in [7, 11) is 0. The molecule has 4 aromatic heterocycles. The van der Waals surface area contributed by atoms with Crippen LogP contribution in [0.15, 0.2) is 199 Å². The van der Waals surface area contributed by atoms with Crippen LogP contribution >= 0.6 is 11.3 Å². The highest BCUT2D eigenvalue weighted by Crippen LogP contribution is 2.52. The fourth-order valence-corrected chi connectivity index (χ4v) is 12.0. The van der Waals surface area contributed by atoms with Crippen LogP contribution in [0.25, 0.3) is 126 Å². The number of hydrogen-bond donors (Lipinski definition) is 0. The molecule has 0 amide bonds. The Morgan fingerprint density at radius 2 is 1.08 bits per heavy atom. The van der Waals surface area contributed by atoms with Crippen LogP contribution in [0.1, 0.15) is 25.0 Å². The molecule has 0 bridgehead atoms. The molecule has 0 saturated carbocycles. The highest BCUT2D eigenvalue weighted by molar-refractivity contribution is 7.26. The third-order valence-electron chi connectivity index (χ3n) is 13.9. The molecule has 0 atom stereocenters. The van der Waals surface area contributed by atoms with Crippen molar-refractivity contribution in [2.75, 3.05) is 0 Å². The summed E-state index contributed by atoms with van der Waals surface area (Å²) in [6.07, 6.45) is 0. The van der Waals surface area contributed by atoms with Crippen LogP contribution in [0, 0.1) is 0 Å². The summed E-state index contributed by atoms with van der Waals surface area (Å²) in [6.45, 7) is 4.62. The summed E-state index contributed by atoms with van der Waals surface area (Å²) < 4.78 is 11.4. The van der Waals surface area contributed by atoms with E-state index >= 15 is 0 Å². The first-order chi connectivity index (χ1) is 32.5. The maximum absolute atomic E-state index is 6.61. The standard InChI is InChI=1S/C60H38N4OS/c1-60(2)46-23-9-6-19-41(46)54-42(21-12-24-47(54)60)58-61-57(35-15-4-3-5-16-35)62-59(63-58)43-22-14-28-53-56(43)45-33-36(29-32-52(45)66-53)38-20-13-27-51-55(38)44-34-37(30-31-50(44)65-51)64-48-25-10-7-17-39(48)40-18-8-11-26-49(40)64/h3-34H,1-2H3. The van der Waals surface area contributed by atoms with E-state index in [4.69, 9.17) is 19.4 Å². The molecule has 9 aromatic carbocycles. The number of furan rings is 1. The summed E-state index contributed by atoms with van der Waals surface area (Å²) in [4.78, 5) is 16.0. The van der Waals surface area contributed by atoms with Gasteiger partial charge in [-0.1, -0.05) is 153 Å². The molecular formula is C60H38N4OS. The minimum absolute atomic E-state index is 0.152. The number of benzene rings is 9. The Kier molecular flexibility index (Phi) is 7.84. The highest BCUT2D eigenvalue weighted by Gasteiger charge is 2.37. The average molecular weight is 863 g/mol.